The average Bonchev–Trinajstić information content (AvgIpc) is 3.52. The Morgan fingerprint density at radius 1 is 0.340 bits per heavy atom. The molecule has 0 amide bonds. The predicted octanol–water partition coefficient (Wildman–Crippen LogP) is 11.1. The second-order valence-electron chi connectivity index (χ2n) is 11.5. The van der Waals surface area contributed by atoms with Gasteiger partial charge in [0.25, 0.3) is 0 Å². The van der Waals surface area contributed by atoms with Gasteiger partial charge in [0.2, 0.25) is 0 Å². The molecule has 0 spiro atoms. The lowest BCUT2D eigenvalue weighted by molar-refractivity contribution is 1.08. The number of hydrogen-bond acceptors (Lipinski definition) is 5. The molecule has 0 fully saturated rings. The fraction of sp³-hybridized carbons (Fsp3) is 0. The lowest BCUT2D eigenvalue weighted by atomic mass is 10.0. The predicted molar refractivity (Wildman–Crippen MR) is 195 cm³/mol. The minimum Gasteiger partial charge on any atom is -0.246 e. The van der Waals surface area contributed by atoms with Gasteiger partial charge >= 0.3 is 0 Å². The largest absolute Gasteiger partial charge is 0.246 e. The first-order chi connectivity index (χ1) is 23.3. The summed E-state index contributed by atoms with van der Waals surface area (Å²) in [7, 11) is 0. The molecular weight excluding hydrogens is 593 g/mol. The Hall–Kier alpha value is -6.04. The third-order valence-corrected chi connectivity index (χ3v) is 9.74. The molecule has 0 unspecified atom stereocenters. The van der Waals surface area contributed by atoms with E-state index in [1.807, 2.05) is 18.2 Å². The zero-order valence-corrected chi connectivity index (χ0v) is 26.0. The summed E-state index contributed by atoms with van der Waals surface area (Å²) in [6.45, 7) is 0. The average molecular weight is 619 g/mol. The van der Waals surface area contributed by atoms with E-state index in [9.17, 15) is 0 Å². The number of pyridine rings is 1. The lowest BCUT2D eigenvalue weighted by Crippen LogP contribution is -2.01. The number of thiophene rings is 1. The van der Waals surface area contributed by atoms with Crippen LogP contribution in [-0.4, -0.2) is 19.9 Å². The van der Waals surface area contributed by atoms with Crippen LogP contribution < -0.4 is 0 Å². The van der Waals surface area contributed by atoms with Gasteiger partial charge in [0.1, 0.15) is 0 Å². The van der Waals surface area contributed by atoms with Crippen molar-refractivity contribution in [3.63, 3.8) is 0 Å². The molecule has 220 valence electrons. The molecule has 0 radical (unpaired) electrons. The molecule has 9 rings (SSSR count). The topological polar surface area (TPSA) is 51.6 Å². The molecule has 6 aromatic carbocycles. The van der Waals surface area contributed by atoms with Crippen molar-refractivity contribution < 1.29 is 0 Å². The Labute approximate surface area is 275 Å². The Morgan fingerprint density at radius 3 is 1.38 bits per heavy atom. The second-order valence-corrected chi connectivity index (χ2v) is 12.5. The summed E-state index contributed by atoms with van der Waals surface area (Å²) in [5.74, 6) is 1.90. The highest BCUT2D eigenvalue weighted by Gasteiger charge is 2.20. The lowest BCUT2D eigenvalue weighted by Gasteiger charge is -2.12. The van der Waals surface area contributed by atoms with Crippen molar-refractivity contribution in [2.45, 2.75) is 0 Å². The molecule has 9 aromatic rings. The summed E-state index contributed by atoms with van der Waals surface area (Å²) < 4.78 is 2.26. The van der Waals surface area contributed by atoms with Crippen molar-refractivity contribution in [3.05, 3.63) is 158 Å². The van der Waals surface area contributed by atoms with E-state index in [1.165, 1.54) is 15.8 Å². The van der Waals surface area contributed by atoms with Gasteiger partial charge in [-0.05, 0) is 34.4 Å². The molecule has 3 aromatic heterocycles. The molecule has 47 heavy (non-hydrogen) atoms. The number of fused-ring (bicyclic) bond motifs is 4. The summed E-state index contributed by atoms with van der Waals surface area (Å²) in [6.07, 6.45) is 0. The van der Waals surface area contributed by atoms with Gasteiger partial charge in [-0.15, -0.1) is 11.3 Å². The van der Waals surface area contributed by atoms with Crippen LogP contribution in [0, 0.1) is 0 Å². The van der Waals surface area contributed by atoms with E-state index >= 15 is 0 Å². The van der Waals surface area contributed by atoms with E-state index in [0.717, 1.165) is 54.3 Å². The number of hydrogen-bond donors (Lipinski definition) is 0. The summed E-state index contributed by atoms with van der Waals surface area (Å²) in [5, 5.41) is 2.16. The fourth-order valence-corrected chi connectivity index (χ4v) is 7.39. The highest BCUT2D eigenvalue weighted by atomic mass is 32.1. The maximum atomic E-state index is 5.19. The summed E-state index contributed by atoms with van der Waals surface area (Å²) in [6, 6.07) is 54.5. The molecule has 0 aliphatic carbocycles. The van der Waals surface area contributed by atoms with Crippen LogP contribution >= 0.6 is 11.3 Å². The fourth-order valence-electron chi connectivity index (χ4n) is 6.19. The van der Waals surface area contributed by atoms with Gasteiger partial charge in [-0.3, -0.25) is 0 Å². The van der Waals surface area contributed by atoms with Crippen LogP contribution in [0.1, 0.15) is 0 Å². The Bertz CT molecular complexity index is 2440. The van der Waals surface area contributed by atoms with Crippen LogP contribution in [0.25, 0.3) is 87.6 Å². The van der Waals surface area contributed by atoms with Crippen molar-refractivity contribution in [1.82, 2.24) is 19.9 Å². The first-order valence-electron chi connectivity index (χ1n) is 15.6. The van der Waals surface area contributed by atoms with Gasteiger partial charge in [-0.1, -0.05) is 146 Å². The van der Waals surface area contributed by atoms with E-state index in [1.54, 1.807) is 11.3 Å². The smallest absolute Gasteiger partial charge is 0.166 e. The molecule has 5 heteroatoms. The van der Waals surface area contributed by atoms with Gasteiger partial charge in [0.05, 0.1) is 15.7 Å². The summed E-state index contributed by atoms with van der Waals surface area (Å²) >= 11 is 1.74. The van der Waals surface area contributed by atoms with Crippen molar-refractivity contribution >= 4 is 42.5 Å². The number of benzene rings is 6. The molecule has 0 aliphatic rings. The Kier molecular flexibility index (Phi) is 6.61. The number of para-hydroxylation sites is 1. The summed E-state index contributed by atoms with van der Waals surface area (Å²) in [5.41, 5.74) is 9.38. The SMILES string of the molecule is c1ccc(-c2ccc(-c3nc(-c4ccc(-c5ccccc5)cc4)nc(-c4c5ccccc5nc5c4sc4ccccc45)n3)cc2)cc1. The van der Waals surface area contributed by atoms with E-state index in [0.29, 0.717) is 17.5 Å². The van der Waals surface area contributed by atoms with Crippen LogP contribution in [0.15, 0.2) is 158 Å². The van der Waals surface area contributed by atoms with Gasteiger partial charge < -0.3 is 0 Å². The second kappa shape index (κ2) is 11.4. The summed E-state index contributed by atoms with van der Waals surface area (Å²) in [4.78, 5) is 20.6. The maximum absolute atomic E-state index is 5.19. The van der Waals surface area contributed by atoms with Crippen LogP contribution in [0.3, 0.4) is 0 Å². The molecule has 4 nitrogen and oxygen atoms in total. The van der Waals surface area contributed by atoms with Crippen molar-refractivity contribution in [2.24, 2.45) is 0 Å². The standard InChI is InChI=1S/C42H26N4S/c1-3-11-27(12-4-1)29-19-23-31(24-20-29)40-44-41(32-25-21-30(22-26-32)28-13-5-2-6-14-28)46-42(45-40)37-33-15-7-9-17-35(33)43-38-34-16-8-10-18-36(34)47-39(37)38/h1-26H. The van der Waals surface area contributed by atoms with E-state index in [-0.39, 0.29) is 0 Å². The number of aromatic nitrogens is 4. The minimum absolute atomic E-state index is 0.631. The number of nitrogens with zero attached hydrogens (tertiary/aromatic N) is 4. The van der Waals surface area contributed by atoms with Crippen LogP contribution in [0.4, 0.5) is 0 Å². The third-order valence-electron chi connectivity index (χ3n) is 8.56. The van der Waals surface area contributed by atoms with Gasteiger partial charge in [-0.25, -0.2) is 19.9 Å². The highest BCUT2D eigenvalue weighted by Crippen LogP contribution is 2.42. The maximum Gasteiger partial charge on any atom is 0.166 e. The molecule has 0 saturated heterocycles. The molecule has 0 aliphatic heterocycles. The van der Waals surface area contributed by atoms with Gasteiger partial charge in [-0.2, -0.15) is 0 Å². The normalized spacial score (nSPS) is 11.4. The molecule has 0 atom stereocenters. The van der Waals surface area contributed by atoms with Crippen LogP contribution in [-0.2, 0) is 0 Å². The monoisotopic (exact) mass is 618 g/mol. The highest BCUT2D eigenvalue weighted by molar-refractivity contribution is 7.26. The molecule has 3 heterocycles. The van der Waals surface area contributed by atoms with Gasteiger partial charge in [0.15, 0.2) is 17.5 Å². The van der Waals surface area contributed by atoms with Crippen molar-refractivity contribution in [1.29, 1.82) is 0 Å². The van der Waals surface area contributed by atoms with Crippen molar-refractivity contribution in [3.8, 4) is 56.4 Å². The van der Waals surface area contributed by atoms with Crippen LogP contribution in [0.5, 0.6) is 0 Å². The molecule has 0 bridgehead atoms. The molecule has 0 saturated carbocycles. The zero-order chi connectivity index (χ0) is 31.2. The van der Waals surface area contributed by atoms with Crippen molar-refractivity contribution in [2.75, 3.05) is 0 Å². The Balaban J connectivity index is 1.27. The minimum atomic E-state index is 0.631. The van der Waals surface area contributed by atoms with Gasteiger partial charge in [0, 0.05) is 32.2 Å². The molecule has 0 N–H and O–H groups in total. The van der Waals surface area contributed by atoms with Crippen LogP contribution in [0.2, 0.25) is 0 Å². The number of rotatable bonds is 5. The van der Waals surface area contributed by atoms with E-state index in [4.69, 9.17) is 19.9 Å². The quantitative estimate of drug-likeness (QED) is 0.193. The first-order valence-corrected chi connectivity index (χ1v) is 16.4. The Morgan fingerprint density at radius 2 is 0.787 bits per heavy atom. The first kappa shape index (κ1) is 27.3. The van der Waals surface area contributed by atoms with E-state index in [2.05, 4.69) is 140 Å². The zero-order valence-electron chi connectivity index (χ0n) is 25.2. The van der Waals surface area contributed by atoms with E-state index < -0.39 is 0 Å². The molecular formula is C42H26N4S. The third kappa shape index (κ3) is 4.94.